The number of hydrogen-bond donors (Lipinski definition) is 0. The Morgan fingerprint density at radius 1 is 1.70 bits per heavy atom. The van der Waals surface area contributed by atoms with Gasteiger partial charge in [-0.05, 0) is 12.5 Å². The molecule has 0 aromatic carbocycles. The number of carbonyl (C=O) groups is 1. The summed E-state index contributed by atoms with van der Waals surface area (Å²) in [5.74, 6) is 0.0613. The summed E-state index contributed by atoms with van der Waals surface area (Å²) in [7, 11) is 0. The molecule has 1 aromatic rings. The first-order valence-electron chi connectivity index (χ1n) is 2.87. The van der Waals surface area contributed by atoms with Crippen LogP contribution in [-0.4, -0.2) is 11.1 Å². The van der Waals surface area contributed by atoms with E-state index in [-0.39, 0.29) is 5.78 Å². The summed E-state index contributed by atoms with van der Waals surface area (Å²) in [5, 5.41) is 0.355. The van der Waals surface area contributed by atoms with Crippen LogP contribution < -0.4 is 0 Å². The zero-order valence-electron chi connectivity index (χ0n) is 5.56. The second-order valence-electron chi connectivity index (χ2n) is 2.03. The largest absolute Gasteiger partial charge is 0.472 e. The van der Waals surface area contributed by atoms with Gasteiger partial charge in [0.25, 0.3) is 0 Å². The molecule has 0 saturated carbocycles. The number of rotatable bonds is 2. The quantitative estimate of drug-likeness (QED) is 0.544. The second kappa shape index (κ2) is 3.01. The van der Waals surface area contributed by atoms with Crippen LogP contribution in [0.25, 0.3) is 0 Å². The lowest BCUT2D eigenvalue weighted by Gasteiger charge is -1.89. The lowest BCUT2D eigenvalue weighted by molar-refractivity contribution is 0.102. The Hall–Kier alpha value is -0.570. The number of aryl methyl sites for hydroxylation is 1. The Morgan fingerprint density at radius 2 is 2.40 bits per heavy atom. The first kappa shape index (κ1) is 7.54. The first-order valence-corrected chi connectivity index (χ1v) is 4.00. The van der Waals surface area contributed by atoms with Gasteiger partial charge in [0, 0.05) is 0 Å². The fourth-order valence-corrected chi connectivity index (χ4v) is 1.02. The third-order valence-corrected chi connectivity index (χ3v) is 1.79. The molecule has 0 bridgehead atoms. The van der Waals surface area contributed by atoms with E-state index in [0.29, 0.717) is 10.9 Å². The predicted molar refractivity (Wildman–Crippen MR) is 41.6 cm³/mol. The molecule has 54 valence electrons. The number of alkyl halides is 1. The highest BCUT2D eigenvalue weighted by molar-refractivity contribution is 9.09. The predicted octanol–water partition coefficient (Wildman–Crippen LogP) is 2.17. The van der Waals surface area contributed by atoms with Gasteiger partial charge in [-0.15, -0.1) is 0 Å². The van der Waals surface area contributed by atoms with Crippen molar-refractivity contribution in [3.05, 3.63) is 23.7 Å². The molecule has 0 spiro atoms. The molecule has 2 nitrogen and oxygen atoms in total. The second-order valence-corrected chi connectivity index (χ2v) is 2.59. The standard InChI is InChI=1S/C7H7BrO2/c1-5-3-10-4-6(5)7(9)2-8/h3-4H,2H2,1H3. The number of carbonyl (C=O) groups excluding carboxylic acids is 1. The number of furan rings is 1. The number of Topliss-reactive ketones (excluding diaryl/α,β-unsaturated/α-hetero) is 1. The molecule has 0 aliphatic heterocycles. The highest BCUT2D eigenvalue weighted by Gasteiger charge is 2.08. The van der Waals surface area contributed by atoms with Crippen LogP contribution in [0.5, 0.6) is 0 Å². The Kier molecular flexibility index (Phi) is 2.27. The Balaban J connectivity index is 2.93. The SMILES string of the molecule is Cc1cocc1C(=O)CBr. The third-order valence-electron chi connectivity index (χ3n) is 1.28. The zero-order valence-corrected chi connectivity index (χ0v) is 7.14. The van der Waals surface area contributed by atoms with Crippen molar-refractivity contribution in [1.29, 1.82) is 0 Å². The lowest BCUT2D eigenvalue weighted by Crippen LogP contribution is -1.98. The van der Waals surface area contributed by atoms with E-state index in [2.05, 4.69) is 15.9 Å². The zero-order chi connectivity index (χ0) is 7.56. The van der Waals surface area contributed by atoms with Crippen molar-refractivity contribution in [3.8, 4) is 0 Å². The summed E-state index contributed by atoms with van der Waals surface area (Å²) >= 11 is 3.08. The number of halogens is 1. The van der Waals surface area contributed by atoms with Gasteiger partial charge in [-0.3, -0.25) is 4.79 Å². The smallest absolute Gasteiger partial charge is 0.176 e. The summed E-state index contributed by atoms with van der Waals surface area (Å²) in [6.45, 7) is 1.85. The van der Waals surface area contributed by atoms with Gasteiger partial charge in [-0.2, -0.15) is 0 Å². The van der Waals surface area contributed by atoms with Crippen molar-refractivity contribution in [2.75, 3.05) is 5.33 Å². The van der Waals surface area contributed by atoms with Crippen LogP contribution in [0, 0.1) is 6.92 Å². The van der Waals surface area contributed by atoms with E-state index >= 15 is 0 Å². The first-order chi connectivity index (χ1) is 4.75. The van der Waals surface area contributed by atoms with Crippen molar-refractivity contribution in [1.82, 2.24) is 0 Å². The van der Waals surface area contributed by atoms with E-state index in [1.165, 1.54) is 6.26 Å². The molecule has 1 heterocycles. The lowest BCUT2D eigenvalue weighted by atomic mass is 10.2. The van der Waals surface area contributed by atoms with Gasteiger partial charge in [0.1, 0.15) is 6.26 Å². The van der Waals surface area contributed by atoms with E-state index in [1.807, 2.05) is 6.92 Å². The van der Waals surface area contributed by atoms with Crippen molar-refractivity contribution in [3.63, 3.8) is 0 Å². The van der Waals surface area contributed by atoms with Crippen LogP contribution in [0.15, 0.2) is 16.9 Å². The van der Waals surface area contributed by atoms with Crippen LogP contribution in [0.2, 0.25) is 0 Å². The molecule has 1 aromatic heterocycles. The molecule has 0 radical (unpaired) electrons. The fraction of sp³-hybridized carbons (Fsp3) is 0.286. The van der Waals surface area contributed by atoms with Crippen molar-refractivity contribution in [2.45, 2.75) is 6.92 Å². The van der Waals surface area contributed by atoms with Crippen molar-refractivity contribution >= 4 is 21.7 Å². The van der Waals surface area contributed by atoms with E-state index in [4.69, 9.17) is 4.42 Å². The van der Waals surface area contributed by atoms with Gasteiger partial charge >= 0.3 is 0 Å². The molecule has 0 amide bonds. The van der Waals surface area contributed by atoms with Gasteiger partial charge in [0.05, 0.1) is 17.2 Å². The molecular weight excluding hydrogens is 196 g/mol. The summed E-state index contributed by atoms with van der Waals surface area (Å²) in [5.41, 5.74) is 1.56. The molecule has 0 N–H and O–H groups in total. The third kappa shape index (κ3) is 1.29. The minimum Gasteiger partial charge on any atom is -0.472 e. The average molecular weight is 203 g/mol. The van der Waals surface area contributed by atoms with Crippen LogP contribution >= 0.6 is 15.9 Å². The summed E-state index contributed by atoms with van der Waals surface area (Å²) in [4.78, 5) is 11.0. The molecular formula is C7H7BrO2. The van der Waals surface area contributed by atoms with Gasteiger partial charge in [-0.1, -0.05) is 15.9 Å². The van der Waals surface area contributed by atoms with Gasteiger partial charge < -0.3 is 4.42 Å². The summed E-state index contributed by atoms with van der Waals surface area (Å²) in [6.07, 6.45) is 3.04. The minimum atomic E-state index is 0.0613. The Labute approximate surface area is 67.3 Å². The topological polar surface area (TPSA) is 30.2 Å². The highest BCUT2D eigenvalue weighted by atomic mass is 79.9. The molecule has 0 aliphatic rings. The molecule has 1 rings (SSSR count). The molecule has 10 heavy (non-hydrogen) atoms. The van der Waals surface area contributed by atoms with Crippen molar-refractivity contribution < 1.29 is 9.21 Å². The van der Waals surface area contributed by atoms with E-state index < -0.39 is 0 Å². The maximum absolute atomic E-state index is 11.0. The molecule has 0 fully saturated rings. The average Bonchev–Trinajstić information content (AvgIpc) is 2.34. The molecule has 0 unspecified atom stereocenters. The Bertz CT molecular complexity index is 240. The maximum atomic E-state index is 11.0. The van der Waals surface area contributed by atoms with Gasteiger partial charge in [0.15, 0.2) is 5.78 Å². The van der Waals surface area contributed by atoms with E-state index in [9.17, 15) is 4.79 Å². The van der Waals surface area contributed by atoms with Crippen molar-refractivity contribution in [2.24, 2.45) is 0 Å². The molecule has 0 atom stereocenters. The Morgan fingerprint density at radius 3 is 2.80 bits per heavy atom. The van der Waals surface area contributed by atoms with Crippen LogP contribution in [0.1, 0.15) is 15.9 Å². The minimum absolute atomic E-state index is 0.0613. The molecule has 3 heteroatoms. The van der Waals surface area contributed by atoms with Gasteiger partial charge in [0.2, 0.25) is 0 Å². The van der Waals surface area contributed by atoms with E-state index in [1.54, 1.807) is 6.26 Å². The van der Waals surface area contributed by atoms with E-state index in [0.717, 1.165) is 5.56 Å². The molecule has 0 saturated heterocycles. The summed E-state index contributed by atoms with van der Waals surface area (Å²) < 4.78 is 4.83. The molecule has 0 aliphatic carbocycles. The van der Waals surface area contributed by atoms with Gasteiger partial charge in [-0.25, -0.2) is 0 Å². The normalized spacial score (nSPS) is 9.80. The summed E-state index contributed by atoms with van der Waals surface area (Å²) in [6, 6.07) is 0. The highest BCUT2D eigenvalue weighted by Crippen LogP contribution is 2.10. The fourth-order valence-electron chi connectivity index (χ4n) is 0.718. The maximum Gasteiger partial charge on any atom is 0.176 e. The monoisotopic (exact) mass is 202 g/mol. The number of hydrogen-bond acceptors (Lipinski definition) is 2. The van der Waals surface area contributed by atoms with Crippen LogP contribution in [-0.2, 0) is 0 Å². The van der Waals surface area contributed by atoms with Crippen LogP contribution in [0.3, 0.4) is 0 Å². The number of ketones is 1. The van der Waals surface area contributed by atoms with Crippen LogP contribution in [0.4, 0.5) is 0 Å².